The summed E-state index contributed by atoms with van der Waals surface area (Å²) in [5, 5.41) is 9.85. The van der Waals surface area contributed by atoms with Crippen LogP contribution in [0.4, 0.5) is 0 Å². The van der Waals surface area contributed by atoms with Gasteiger partial charge in [-0.1, -0.05) is 80.4 Å². The fourth-order valence-corrected chi connectivity index (χ4v) is 7.73. The first-order valence-electron chi connectivity index (χ1n) is 14.8. The summed E-state index contributed by atoms with van der Waals surface area (Å²) in [4.78, 5) is 41.7. The van der Waals surface area contributed by atoms with E-state index in [1.165, 1.54) is 0 Å². The fourth-order valence-electron chi connectivity index (χ4n) is 7.73. The van der Waals surface area contributed by atoms with E-state index in [1.54, 1.807) is 13.0 Å². The van der Waals surface area contributed by atoms with Crippen LogP contribution in [0.1, 0.15) is 128 Å². The third kappa shape index (κ3) is 6.38. The van der Waals surface area contributed by atoms with Crippen molar-refractivity contribution in [3.63, 3.8) is 0 Å². The topological polar surface area (TPSA) is 87.4 Å². The van der Waals surface area contributed by atoms with E-state index in [1.807, 2.05) is 26.0 Å². The second-order valence-corrected chi connectivity index (χ2v) is 15.1. The zero-order valence-corrected chi connectivity index (χ0v) is 26.5. The lowest BCUT2D eigenvalue weighted by Gasteiger charge is -2.61. The van der Waals surface area contributed by atoms with Gasteiger partial charge >= 0.3 is 0 Å². The van der Waals surface area contributed by atoms with E-state index in [-0.39, 0.29) is 39.3 Å². The standard InChI is InChI=1S/C34H52N2O3/c1-12-14-29(3,4)16-18-32(9,36-23-37)19-17-30(5,6)34(11)15-13-26-31(7,8)28(39)25(22-35)21-33(26,10)27(34)20-24(2)38/h20-21,26H,12-19H2,1-11H3/b27-20-/t26-,32-,33-,34+/m0/s1. The molecule has 2 aliphatic rings. The van der Waals surface area contributed by atoms with Crippen LogP contribution in [0.15, 0.2) is 28.3 Å². The Bertz CT molecular complexity index is 1130. The Hall–Kier alpha value is -2.31. The van der Waals surface area contributed by atoms with Crippen molar-refractivity contribution < 1.29 is 14.4 Å². The maximum absolute atomic E-state index is 13.2. The molecule has 0 aromatic heterocycles. The number of hydrogen-bond acceptors (Lipinski definition) is 5. The molecule has 5 heteroatoms. The van der Waals surface area contributed by atoms with Crippen molar-refractivity contribution in [1.82, 2.24) is 0 Å². The van der Waals surface area contributed by atoms with Crippen LogP contribution >= 0.6 is 0 Å². The minimum atomic E-state index is -0.696. The second-order valence-electron chi connectivity index (χ2n) is 15.1. The van der Waals surface area contributed by atoms with Crippen molar-refractivity contribution in [3.8, 4) is 6.07 Å². The van der Waals surface area contributed by atoms with Crippen LogP contribution in [0.3, 0.4) is 0 Å². The Morgan fingerprint density at radius 2 is 1.67 bits per heavy atom. The van der Waals surface area contributed by atoms with Gasteiger partial charge in [-0.25, -0.2) is 4.79 Å². The van der Waals surface area contributed by atoms with Crippen molar-refractivity contribution in [3.05, 3.63) is 23.3 Å². The average Bonchev–Trinajstić information content (AvgIpc) is 2.81. The third-order valence-electron chi connectivity index (χ3n) is 10.8. The number of ketones is 2. The van der Waals surface area contributed by atoms with E-state index in [2.05, 4.69) is 66.5 Å². The molecule has 216 valence electrons. The molecular weight excluding hydrogens is 484 g/mol. The van der Waals surface area contributed by atoms with Crippen molar-refractivity contribution >= 4 is 17.6 Å². The average molecular weight is 537 g/mol. The van der Waals surface area contributed by atoms with Crippen LogP contribution in [0.25, 0.3) is 0 Å². The molecule has 0 saturated heterocycles. The van der Waals surface area contributed by atoms with E-state index in [0.717, 1.165) is 56.9 Å². The Morgan fingerprint density at radius 3 is 2.18 bits per heavy atom. The highest BCUT2D eigenvalue weighted by atomic mass is 16.1. The van der Waals surface area contributed by atoms with E-state index in [9.17, 15) is 19.6 Å². The van der Waals surface area contributed by atoms with Crippen LogP contribution in [0.2, 0.25) is 0 Å². The monoisotopic (exact) mass is 536 g/mol. The predicted octanol–water partition coefficient (Wildman–Crippen LogP) is 8.49. The van der Waals surface area contributed by atoms with Gasteiger partial charge in [0.2, 0.25) is 6.08 Å². The summed E-state index contributed by atoms with van der Waals surface area (Å²) in [6, 6.07) is 2.15. The number of nitrogens with zero attached hydrogens (tertiary/aromatic N) is 2. The Balaban J connectivity index is 2.52. The highest BCUT2D eigenvalue weighted by molar-refractivity contribution is 6.04. The van der Waals surface area contributed by atoms with Crippen LogP contribution in [-0.4, -0.2) is 23.2 Å². The second kappa shape index (κ2) is 11.3. The number of isocyanates is 1. The maximum atomic E-state index is 13.2. The van der Waals surface area contributed by atoms with Gasteiger partial charge in [-0.3, -0.25) is 9.59 Å². The molecule has 1 fully saturated rings. The van der Waals surface area contributed by atoms with Gasteiger partial charge in [0.1, 0.15) is 6.07 Å². The van der Waals surface area contributed by atoms with Gasteiger partial charge in [0.15, 0.2) is 11.6 Å². The van der Waals surface area contributed by atoms with Gasteiger partial charge in [0.05, 0.1) is 11.1 Å². The van der Waals surface area contributed by atoms with Gasteiger partial charge in [-0.2, -0.15) is 10.3 Å². The van der Waals surface area contributed by atoms with E-state index in [4.69, 9.17) is 0 Å². The van der Waals surface area contributed by atoms with Gasteiger partial charge in [0.25, 0.3) is 0 Å². The Labute approximate surface area is 237 Å². The number of rotatable bonds is 11. The first-order valence-corrected chi connectivity index (χ1v) is 14.8. The molecule has 0 N–H and O–H groups in total. The fraction of sp³-hybridized carbons (Fsp3) is 0.765. The molecule has 39 heavy (non-hydrogen) atoms. The van der Waals surface area contributed by atoms with E-state index in [0.29, 0.717) is 0 Å². The molecular formula is C34H52N2O3. The molecule has 0 radical (unpaired) electrons. The molecule has 0 heterocycles. The van der Waals surface area contributed by atoms with Crippen molar-refractivity contribution in [2.24, 2.45) is 38.0 Å². The number of fused-ring (bicyclic) bond motifs is 1. The first kappa shape index (κ1) is 32.9. The van der Waals surface area contributed by atoms with Crippen LogP contribution in [-0.2, 0) is 14.4 Å². The van der Waals surface area contributed by atoms with Crippen molar-refractivity contribution in [2.45, 2.75) is 133 Å². The highest BCUT2D eigenvalue weighted by Gasteiger charge is 2.61. The molecule has 0 unspecified atom stereocenters. The maximum Gasteiger partial charge on any atom is 0.235 e. The van der Waals surface area contributed by atoms with Crippen LogP contribution in [0, 0.1) is 44.3 Å². The number of carbonyl (C=O) groups is 2. The molecule has 1 saturated carbocycles. The van der Waals surface area contributed by atoms with Crippen molar-refractivity contribution in [2.75, 3.05) is 0 Å². The first-order chi connectivity index (χ1) is 17.7. The Kier molecular flexibility index (Phi) is 9.52. The number of nitriles is 1. The summed E-state index contributed by atoms with van der Waals surface area (Å²) in [5.74, 6) is -0.134. The lowest BCUT2D eigenvalue weighted by Crippen LogP contribution is -2.55. The SMILES string of the molecule is CCCC(C)(C)CC[C@@](C)(CCC(C)(C)[C@]1(C)CC[C@H]2C(C)(C)C(=O)C(C#N)=C[C@]2(C)/C1=C/C(C)=O)N=C=O. The van der Waals surface area contributed by atoms with Gasteiger partial charge < -0.3 is 0 Å². The predicted molar refractivity (Wildman–Crippen MR) is 158 cm³/mol. The normalized spacial score (nSPS) is 29.5. The van der Waals surface area contributed by atoms with E-state index < -0.39 is 16.4 Å². The minimum Gasteiger partial charge on any atom is -0.295 e. The molecule has 0 amide bonds. The van der Waals surface area contributed by atoms with Crippen molar-refractivity contribution in [1.29, 1.82) is 5.26 Å². The quantitative estimate of drug-likeness (QED) is 0.150. The van der Waals surface area contributed by atoms with Gasteiger partial charge in [-0.05, 0) is 87.0 Å². The number of carbonyl (C=O) groups excluding carboxylic acids is 3. The summed E-state index contributed by atoms with van der Waals surface area (Å²) in [7, 11) is 0. The number of hydrogen-bond donors (Lipinski definition) is 0. The lowest BCUT2D eigenvalue weighted by molar-refractivity contribution is -0.131. The number of Topliss-reactive ketones (excluding diaryl/α,β-unsaturated/α-hetero) is 1. The summed E-state index contributed by atoms with van der Waals surface area (Å²) < 4.78 is 0. The molecule has 0 aromatic rings. The summed E-state index contributed by atoms with van der Waals surface area (Å²) >= 11 is 0. The van der Waals surface area contributed by atoms with Gasteiger partial charge in [0, 0.05) is 10.8 Å². The highest BCUT2D eigenvalue weighted by Crippen LogP contribution is 2.67. The largest absolute Gasteiger partial charge is 0.295 e. The molecule has 0 aromatic carbocycles. The summed E-state index contributed by atoms with van der Waals surface area (Å²) in [5.41, 5.74) is -0.988. The minimum absolute atomic E-state index is 0.00481. The number of allylic oxidation sites excluding steroid dienone is 4. The van der Waals surface area contributed by atoms with Gasteiger partial charge in [-0.15, -0.1) is 0 Å². The lowest BCUT2D eigenvalue weighted by atomic mass is 9.42. The molecule has 4 atom stereocenters. The summed E-state index contributed by atoms with van der Waals surface area (Å²) in [6.07, 6.45) is 12.8. The summed E-state index contributed by atoms with van der Waals surface area (Å²) in [6.45, 7) is 23.2. The van der Waals surface area contributed by atoms with Crippen LogP contribution in [0.5, 0.6) is 0 Å². The molecule has 0 bridgehead atoms. The Morgan fingerprint density at radius 1 is 1.08 bits per heavy atom. The number of aliphatic imine (C=N–C) groups is 1. The molecule has 5 nitrogen and oxygen atoms in total. The van der Waals surface area contributed by atoms with Crippen LogP contribution < -0.4 is 0 Å². The molecule has 2 aliphatic carbocycles. The zero-order valence-electron chi connectivity index (χ0n) is 26.5. The molecule has 2 rings (SSSR count). The smallest absolute Gasteiger partial charge is 0.235 e. The third-order valence-corrected chi connectivity index (χ3v) is 10.8. The van der Waals surface area contributed by atoms with E-state index >= 15 is 0 Å². The molecule has 0 aliphatic heterocycles. The molecule has 0 spiro atoms. The zero-order chi connectivity index (χ0) is 30.1.